The molecule has 4 atom stereocenters. The van der Waals surface area contributed by atoms with Crippen LogP contribution in [0, 0.1) is 0 Å². The van der Waals surface area contributed by atoms with Crippen molar-refractivity contribution in [3.63, 3.8) is 0 Å². The van der Waals surface area contributed by atoms with Crippen molar-refractivity contribution in [3.8, 4) is 0 Å². The Hall–Kier alpha value is -2.21. The Labute approximate surface area is 151 Å². The molecule has 0 bridgehead atoms. The van der Waals surface area contributed by atoms with Crippen LogP contribution >= 0.6 is 11.6 Å². The van der Waals surface area contributed by atoms with Crippen molar-refractivity contribution in [1.29, 1.82) is 0 Å². The highest BCUT2D eigenvalue weighted by Crippen LogP contribution is 2.19. The van der Waals surface area contributed by atoms with E-state index in [2.05, 4.69) is 9.97 Å². The number of carbonyl (C=O) groups excluding carboxylic acids is 2. The molecule has 1 aromatic carbocycles. The molecule has 26 heavy (non-hydrogen) atoms. The summed E-state index contributed by atoms with van der Waals surface area (Å²) in [4.78, 5) is 31.9. The minimum Gasteiger partial charge on any atom is -0.394 e. The smallest absolute Gasteiger partial charge is 0.277 e. The lowest BCUT2D eigenvalue weighted by Gasteiger charge is -2.24. The van der Waals surface area contributed by atoms with Gasteiger partial charge in [0.15, 0.2) is 6.10 Å². The molecule has 0 aliphatic heterocycles. The van der Waals surface area contributed by atoms with Crippen LogP contribution in [0.3, 0.4) is 0 Å². The number of amides is 2. The van der Waals surface area contributed by atoms with Crippen molar-refractivity contribution < 1.29 is 35.1 Å². The Morgan fingerprint density at radius 1 is 1.12 bits per heavy atom. The summed E-state index contributed by atoms with van der Waals surface area (Å²) in [7, 11) is 0. The Morgan fingerprint density at radius 3 is 2.46 bits per heavy atom. The van der Waals surface area contributed by atoms with Crippen molar-refractivity contribution in [2.24, 2.45) is 0 Å². The minimum atomic E-state index is -2.24. The lowest BCUT2D eigenvalue weighted by atomic mass is 10.0. The van der Waals surface area contributed by atoms with E-state index in [0.717, 1.165) is 6.33 Å². The number of nitrogens with zero attached hydrogens (tertiary/aromatic N) is 2. The minimum absolute atomic E-state index is 0.191. The molecule has 4 unspecified atom stereocenters. The predicted molar refractivity (Wildman–Crippen MR) is 88.1 cm³/mol. The molecule has 140 valence electrons. The first kappa shape index (κ1) is 20.1. The SMILES string of the molecule is O=C(NC(=O)C(O)C(O)C(O)C(O)CO)c1ncnc2ccc(Cl)cc12. The second-order valence-corrected chi connectivity index (χ2v) is 5.81. The molecule has 2 rings (SSSR count). The summed E-state index contributed by atoms with van der Waals surface area (Å²) in [6.07, 6.45) is -7.07. The first-order chi connectivity index (χ1) is 12.3. The van der Waals surface area contributed by atoms with E-state index in [1.807, 2.05) is 5.32 Å². The number of carbonyl (C=O) groups is 2. The van der Waals surface area contributed by atoms with Gasteiger partial charge >= 0.3 is 0 Å². The van der Waals surface area contributed by atoms with Gasteiger partial charge in [-0.25, -0.2) is 9.97 Å². The average molecular weight is 386 g/mol. The Balaban J connectivity index is 2.17. The van der Waals surface area contributed by atoms with Gasteiger partial charge in [0.1, 0.15) is 30.3 Å². The number of fused-ring (bicyclic) bond motifs is 1. The fourth-order valence-electron chi connectivity index (χ4n) is 2.13. The van der Waals surface area contributed by atoms with Crippen molar-refractivity contribution in [2.45, 2.75) is 24.4 Å². The van der Waals surface area contributed by atoms with Crippen LogP contribution in [-0.4, -0.2) is 78.3 Å². The molecule has 2 amide bonds. The first-order valence-corrected chi connectivity index (χ1v) is 7.72. The largest absolute Gasteiger partial charge is 0.394 e. The Kier molecular flexibility index (Phi) is 6.53. The third-order valence-corrected chi connectivity index (χ3v) is 3.81. The fourth-order valence-corrected chi connectivity index (χ4v) is 2.30. The number of halogens is 1. The van der Waals surface area contributed by atoms with Crippen molar-refractivity contribution in [2.75, 3.05) is 6.61 Å². The third-order valence-electron chi connectivity index (χ3n) is 3.57. The lowest BCUT2D eigenvalue weighted by Crippen LogP contribution is -2.52. The second-order valence-electron chi connectivity index (χ2n) is 5.38. The summed E-state index contributed by atoms with van der Waals surface area (Å²) >= 11 is 5.87. The molecule has 11 heteroatoms. The molecule has 0 saturated heterocycles. The Bertz CT molecular complexity index is 819. The number of aliphatic hydroxyl groups is 5. The monoisotopic (exact) mass is 385 g/mol. The Morgan fingerprint density at radius 2 is 1.81 bits per heavy atom. The molecule has 0 aliphatic rings. The summed E-state index contributed by atoms with van der Waals surface area (Å²) < 4.78 is 0. The number of aliphatic hydroxyl groups excluding tert-OH is 5. The molecule has 0 radical (unpaired) electrons. The normalized spacial score (nSPS) is 15.9. The number of rotatable bonds is 6. The molecule has 0 fully saturated rings. The maximum Gasteiger partial charge on any atom is 0.277 e. The number of nitrogens with one attached hydrogen (secondary N) is 1. The number of hydrogen-bond acceptors (Lipinski definition) is 9. The average Bonchev–Trinajstić information content (AvgIpc) is 2.64. The van der Waals surface area contributed by atoms with Crippen molar-refractivity contribution >= 4 is 34.3 Å². The third kappa shape index (κ3) is 4.30. The van der Waals surface area contributed by atoms with E-state index in [1.165, 1.54) is 6.07 Å². The topological polar surface area (TPSA) is 173 Å². The van der Waals surface area contributed by atoms with Gasteiger partial charge in [-0.15, -0.1) is 0 Å². The number of aromatic nitrogens is 2. The van der Waals surface area contributed by atoms with E-state index in [4.69, 9.17) is 16.7 Å². The second kappa shape index (κ2) is 8.45. The van der Waals surface area contributed by atoms with Gasteiger partial charge in [0.25, 0.3) is 11.8 Å². The van der Waals surface area contributed by atoms with Gasteiger partial charge in [-0.3, -0.25) is 14.9 Å². The van der Waals surface area contributed by atoms with Crippen LogP contribution in [0.25, 0.3) is 10.9 Å². The number of benzene rings is 1. The number of imide groups is 1. The fraction of sp³-hybridized carbons (Fsp3) is 0.333. The van der Waals surface area contributed by atoms with Gasteiger partial charge in [-0.05, 0) is 18.2 Å². The zero-order chi connectivity index (χ0) is 19.4. The van der Waals surface area contributed by atoms with Crippen LogP contribution < -0.4 is 5.32 Å². The molecule has 10 nitrogen and oxygen atoms in total. The lowest BCUT2D eigenvalue weighted by molar-refractivity contribution is -0.148. The van der Waals surface area contributed by atoms with Crippen LogP contribution in [0.5, 0.6) is 0 Å². The molecule has 6 N–H and O–H groups in total. The quantitative estimate of drug-likeness (QED) is 0.328. The molecule has 0 aliphatic carbocycles. The van der Waals surface area contributed by atoms with Crippen LogP contribution in [-0.2, 0) is 4.79 Å². The van der Waals surface area contributed by atoms with E-state index in [0.29, 0.717) is 10.5 Å². The summed E-state index contributed by atoms with van der Waals surface area (Å²) in [6.45, 7) is -0.904. The summed E-state index contributed by atoms with van der Waals surface area (Å²) in [5, 5.41) is 49.2. The molecule has 1 heterocycles. The van der Waals surface area contributed by atoms with E-state index in [-0.39, 0.29) is 11.1 Å². The number of hydrogen-bond donors (Lipinski definition) is 6. The predicted octanol–water partition coefficient (Wildman–Crippen LogP) is -2.02. The van der Waals surface area contributed by atoms with E-state index < -0.39 is 42.8 Å². The summed E-state index contributed by atoms with van der Waals surface area (Å²) in [5.74, 6) is -2.33. The highest BCUT2D eigenvalue weighted by molar-refractivity contribution is 6.31. The van der Waals surface area contributed by atoms with E-state index >= 15 is 0 Å². The van der Waals surface area contributed by atoms with Crippen LogP contribution in [0.2, 0.25) is 5.02 Å². The summed E-state index contributed by atoms with van der Waals surface area (Å²) in [6, 6.07) is 4.52. The van der Waals surface area contributed by atoms with Crippen molar-refractivity contribution in [1.82, 2.24) is 15.3 Å². The maximum atomic E-state index is 12.3. The van der Waals surface area contributed by atoms with Crippen molar-refractivity contribution in [3.05, 3.63) is 35.2 Å². The van der Waals surface area contributed by atoms with Gasteiger partial charge in [0.2, 0.25) is 0 Å². The molecule has 2 aromatic rings. The molecular formula is C15H16ClN3O7. The highest BCUT2D eigenvalue weighted by Gasteiger charge is 2.35. The molecule has 0 saturated carbocycles. The van der Waals surface area contributed by atoms with Crippen LogP contribution in [0.4, 0.5) is 0 Å². The summed E-state index contributed by atoms with van der Waals surface area (Å²) in [5.41, 5.74) is 0.201. The van der Waals surface area contributed by atoms with E-state index in [1.54, 1.807) is 12.1 Å². The standard InChI is InChI=1S/C15H16ClN3O7/c16-6-1-2-8-7(3-6)10(18-5-17-8)14(25)19-15(26)13(24)12(23)11(22)9(21)4-20/h1-3,5,9,11-13,20-24H,4H2,(H,19,25,26). The molecular weight excluding hydrogens is 370 g/mol. The van der Waals surface area contributed by atoms with Gasteiger partial charge in [-0.2, -0.15) is 0 Å². The molecule has 1 aromatic heterocycles. The van der Waals surface area contributed by atoms with Gasteiger partial charge in [-0.1, -0.05) is 11.6 Å². The van der Waals surface area contributed by atoms with Gasteiger partial charge < -0.3 is 25.5 Å². The van der Waals surface area contributed by atoms with Gasteiger partial charge in [0.05, 0.1) is 12.1 Å². The van der Waals surface area contributed by atoms with Gasteiger partial charge in [0, 0.05) is 10.4 Å². The highest BCUT2D eigenvalue weighted by atomic mass is 35.5. The maximum absolute atomic E-state index is 12.3. The van der Waals surface area contributed by atoms with Crippen LogP contribution in [0.15, 0.2) is 24.5 Å². The van der Waals surface area contributed by atoms with E-state index in [9.17, 15) is 30.0 Å². The zero-order valence-electron chi connectivity index (χ0n) is 13.2. The zero-order valence-corrected chi connectivity index (χ0v) is 13.9. The molecule has 0 spiro atoms. The van der Waals surface area contributed by atoms with Crippen LogP contribution in [0.1, 0.15) is 10.5 Å². The first-order valence-electron chi connectivity index (χ1n) is 7.34.